The predicted molar refractivity (Wildman–Crippen MR) is 50.3 cm³/mol. The maximum absolute atomic E-state index is 5.63. The molecular formula is C7H12ClN3. The molecule has 0 spiro atoms. The number of allylic oxidation sites excluding steroid dienone is 2. The first-order valence-electron chi connectivity index (χ1n) is 3.23. The summed E-state index contributed by atoms with van der Waals surface area (Å²) in [5.74, 6) is 0. The molecule has 0 atom stereocenters. The molecule has 0 aliphatic heterocycles. The highest BCUT2D eigenvalue weighted by molar-refractivity contribution is 6.64. The summed E-state index contributed by atoms with van der Waals surface area (Å²) < 4.78 is 0. The van der Waals surface area contributed by atoms with E-state index in [1.54, 1.807) is 20.3 Å². The normalized spacial score (nSPS) is 13.3. The Kier molecular flexibility index (Phi) is 5.47. The van der Waals surface area contributed by atoms with Crippen molar-refractivity contribution in [3.05, 3.63) is 12.2 Å². The zero-order valence-electron chi connectivity index (χ0n) is 6.95. The minimum absolute atomic E-state index is 0.366. The number of amidine groups is 1. The van der Waals surface area contributed by atoms with Crippen molar-refractivity contribution in [2.75, 3.05) is 14.1 Å². The molecule has 0 aliphatic carbocycles. The second-order valence-corrected chi connectivity index (χ2v) is 2.14. The molecule has 3 nitrogen and oxygen atoms in total. The van der Waals surface area contributed by atoms with Crippen molar-refractivity contribution in [3.8, 4) is 0 Å². The molecule has 0 aromatic rings. The first-order valence-corrected chi connectivity index (χ1v) is 3.61. The SMILES string of the molecule is C/C=C\C=N/N(C)/C(Cl)=N\C. The third-order valence-corrected chi connectivity index (χ3v) is 1.38. The van der Waals surface area contributed by atoms with Gasteiger partial charge in [0.25, 0.3) is 0 Å². The van der Waals surface area contributed by atoms with Crippen molar-refractivity contribution < 1.29 is 0 Å². The number of hydrogen-bond acceptors (Lipinski definition) is 2. The molecule has 0 N–H and O–H groups in total. The van der Waals surface area contributed by atoms with E-state index in [2.05, 4.69) is 10.1 Å². The van der Waals surface area contributed by atoms with Crippen molar-refractivity contribution in [1.82, 2.24) is 5.01 Å². The number of halogens is 1. The monoisotopic (exact) mass is 173 g/mol. The van der Waals surface area contributed by atoms with Crippen molar-refractivity contribution >= 4 is 23.1 Å². The van der Waals surface area contributed by atoms with Crippen molar-refractivity contribution in [2.45, 2.75) is 6.92 Å². The fourth-order valence-electron chi connectivity index (χ4n) is 0.417. The number of aliphatic imine (C=N–C) groups is 1. The minimum atomic E-state index is 0.366. The zero-order valence-corrected chi connectivity index (χ0v) is 7.71. The van der Waals surface area contributed by atoms with Crippen LogP contribution in [0.5, 0.6) is 0 Å². The molecule has 11 heavy (non-hydrogen) atoms. The standard InChI is InChI=1S/C7H12ClN3/c1-4-5-6-10-11(3)7(8)9-2/h4-6H,1-3H3/b5-4-,9-7-,10-6-. The van der Waals surface area contributed by atoms with E-state index in [0.717, 1.165) is 0 Å². The van der Waals surface area contributed by atoms with Gasteiger partial charge in [-0.2, -0.15) is 5.10 Å². The van der Waals surface area contributed by atoms with Crippen LogP contribution >= 0.6 is 11.6 Å². The Morgan fingerprint density at radius 3 is 2.64 bits per heavy atom. The first kappa shape index (κ1) is 10.2. The molecule has 0 radical (unpaired) electrons. The quantitative estimate of drug-likeness (QED) is 0.270. The van der Waals surface area contributed by atoms with Gasteiger partial charge in [0, 0.05) is 20.3 Å². The summed E-state index contributed by atoms with van der Waals surface area (Å²) in [5.41, 5.74) is 0. The minimum Gasteiger partial charge on any atom is -0.260 e. The lowest BCUT2D eigenvalue weighted by Crippen LogP contribution is -2.15. The fourth-order valence-corrected chi connectivity index (χ4v) is 0.461. The summed E-state index contributed by atoms with van der Waals surface area (Å²) >= 11 is 5.63. The summed E-state index contributed by atoms with van der Waals surface area (Å²) in [5, 5.41) is 5.80. The molecule has 0 unspecified atom stereocenters. The molecular weight excluding hydrogens is 162 g/mol. The van der Waals surface area contributed by atoms with Crippen LogP contribution < -0.4 is 0 Å². The maximum Gasteiger partial charge on any atom is 0.214 e. The Bertz CT molecular complexity index is 184. The lowest BCUT2D eigenvalue weighted by Gasteiger charge is -2.07. The molecule has 0 saturated heterocycles. The average Bonchev–Trinajstić information content (AvgIpc) is 2.03. The third kappa shape index (κ3) is 4.56. The van der Waals surface area contributed by atoms with Crippen LogP contribution in [0.4, 0.5) is 0 Å². The third-order valence-electron chi connectivity index (χ3n) is 0.970. The van der Waals surface area contributed by atoms with Crippen LogP contribution in [0.1, 0.15) is 6.92 Å². The Labute approximate surface area is 72.1 Å². The largest absolute Gasteiger partial charge is 0.260 e. The van der Waals surface area contributed by atoms with E-state index in [0.29, 0.717) is 5.29 Å². The lowest BCUT2D eigenvalue weighted by molar-refractivity contribution is 0.557. The van der Waals surface area contributed by atoms with Gasteiger partial charge in [0.15, 0.2) is 0 Å². The molecule has 0 aromatic heterocycles. The zero-order chi connectivity index (χ0) is 8.69. The van der Waals surface area contributed by atoms with E-state index in [-0.39, 0.29) is 0 Å². The van der Waals surface area contributed by atoms with Crippen LogP contribution in [-0.4, -0.2) is 30.6 Å². The van der Waals surface area contributed by atoms with Gasteiger partial charge in [0.1, 0.15) is 0 Å². The lowest BCUT2D eigenvalue weighted by atomic mass is 10.6. The molecule has 0 saturated carbocycles. The highest BCUT2D eigenvalue weighted by atomic mass is 35.5. The van der Waals surface area contributed by atoms with E-state index >= 15 is 0 Å². The summed E-state index contributed by atoms with van der Waals surface area (Å²) in [6, 6.07) is 0. The predicted octanol–water partition coefficient (Wildman–Crippen LogP) is 1.70. The van der Waals surface area contributed by atoms with E-state index in [1.807, 2.05) is 19.1 Å². The molecule has 4 heteroatoms. The van der Waals surface area contributed by atoms with Gasteiger partial charge in [0.05, 0.1) is 0 Å². The Morgan fingerprint density at radius 2 is 2.18 bits per heavy atom. The molecule has 0 fully saturated rings. The summed E-state index contributed by atoms with van der Waals surface area (Å²) in [7, 11) is 3.35. The molecule has 0 aliphatic rings. The van der Waals surface area contributed by atoms with Crippen LogP contribution in [0, 0.1) is 0 Å². The van der Waals surface area contributed by atoms with E-state index < -0.39 is 0 Å². The first-order chi connectivity index (χ1) is 5.22. The van der Waals surface area contributed by atoms with Crippen molar-refractivity contribution in [2.24, 2.45) is 10.1 Å². The topological polar surface area (TPSA) is 28.0 Å². The maximum atomic E-state index is 5.63. The number of hydrogen-bond donors (Lipinski definition) is 0. The van der Waals surface area contributed by atoms with Gasteiger partial charge in [-0.1, -0.05) is 6.08 Å². The Morgan fingerprint density at radius 1 is 1.55 bits per heavy atom. The number of nitrogens with zero attached hydrogens (tertiary/aromatic N) is 3. The van der Waals surface area contributed by atoms with Crippen LogP contribution in [0.25, 0.3) is 0 Å². The van der Waals surface area contributed by atoms with Gasteiger partial charge in [-0.05, 0) is 24.6 Å². The van der Waals surface area contributed by atoms with E-state index in [1.165, 1.54) is 5.01 Å². The van der Waals surface area contributed by atoms with Crippen molar-refractivity contribution in [3.63, 3.8) is 0 Å². The second kappa shape index (κ2) is 5.92. The summed E-state index contributed by atoms with van der Waals surface area (Å²) in [6.45, 7) is 1.92. The molecule has 62 valence electrons. The van der Waals surface area contributed by atoms with Gasteiger partial charge in [-0.25, -0.2) is 5.01 Å². The molecule has 0 heterocycles. The van der Waals surface area contributed by atoms with Gasteiger partial charge < -0.3 is 0 Å². The highest BCUT2D eigenvalue weighted by Gasteiger charge is 1.95. The van der Waals surface area contributed by atoms with E-state index in [4.69, 9.17) is 11.6 Å². The molecule has 0 amide bonds. The summed E-state index contributed by atoms with van der Waals surface area (Å²) in [6.07, 6.45) is 5.35. The second-order valence-electron chi connectivity index (χ2n) is 1.81. The van der Waals surface area contributed by atoms with Crippen LogP contribution in [-0.2, 0) is 0 Å². The van der Waals surface area contributed by atoms with Gasteiger partial charge in [0.2, 0.25) is 5.29 Å². The van der Waals surface area contributed by atoms with Gasteiger partial charge >= 0.3 is 0 Å². The smallest absolute Gasteiger partial charge is 0.214 e. The van der Waals surface area contributed by atoms with E-state index in [9.17, 15) is 0 Å². The Hall–Kier alpha value is -0.830. The Balaban J connectivity index is 3.96. The summed E-state index contributed by atoms with van der Waals surface area (Å²) in [4.78, 5) is 3.74. The van der Waals surface area contributed by atoms with Crippen LogP contribution in [0.3, 0.4) is 0 Å². The van der Waals surface area contributed by atoms with Gasteiger partial charge in [-0.15, -0.1) is 0 Å². The number of rotatable bonds is 2. The average molecular weight is 174 g/mol. The highest BCUT2D eigenvalue weighted by Crippen LogP contribution is 1.92. The molecule has 0 bridgehead atoms. The number of hydrazone groups is 1. The fraction of sp³-hybridized carbons (Fsp3) is 0.429. The van der Waals surface area contributed by atoms with Crippen LogP contribution in [0.15, 0.2) is 22.2 Å². The molecule has 0 rings (SSSR count). The van der Waals surface area contributed by atoms with Gasteiger partial charge in [-0.3, -0.25) is 4.99 Å². The molecule has 0 aromatic carbocycles. The van der Waals surface area contributed by atoms with Crippen LogP contribution in [0.2, 0.25) is 0 Å². The van der Waals surface area contributed by atoms with Crippen molar-refractivity contribution in [1.29, 1.82) is 0 Å².